The zero-order chi connectivity index (χ0) is 22.6. The lowest BCUT2D eigenvalue weighted by atomic mass is 10.2. The van der Waals surface area contributed by atoms with E-state index in [9.17, 15) is 26.4 Å². The minimum Gasteiger partial charge on any atom is -0.322 e. The fourth-order valence-electron chi connectivity index (χ4n) is 2.74. The molecule has 0 heterocycles. The lowest BCUT2D eigenvalue weighted by Gasteiger charge is -2.22. The van der Waals surface area contributed by atoms with Crippen LogP contribution in [0.25, 0.3) is 0 Å². The second kappa shape index (κ2) is 9.51. The molecule has 1 N–H and O–H groups in total. The van der Waals surface area contributed by atoms with Gasteiger partial charge in [-0.2, -0.15) is 4.31 Å². The van der Waals surface area contributed by atoms with Crippen LogP contribution in [0.15, 0.2) is 71.6 Å². The van der Waals surface area contributed by atoms with E-state index in [1.165, 1.54) is 24.3 Å². The van der Waals surface area contributed by atoms with Crippen molar-refractivity contribution in [3.8, 4) is 0 Å². The van der Waals surface area contributed by atoms with Crippen molar-refractivity contribution < 1.29 is 26.4 Å². The fraction of sp³-hybridized carbons (Fsp3) is 0.0952. The molecular formula is C21H16ClF3N2O3S. The SMILES string of the molecule is O=C(CN(Cc1ccccc1)S(=O)(=O)c1ccc(Cl)cc1)Nc1ccc(F)c(F)c1F. The lowest BCUT2D eigenvalue weighted by molar-refractivity contribution is -0.116. The quantitative estimate of drug-likeness (QED) is 0.516. The summed E-state index contributed by atoms with van der Waals surface area (Å²) < 4.78 is 67.5. The molecule has 0 aromatic heterocycles. The Morgan fingerprint density at radius 2 is 1.55 bits per heavy atom. The summed E-state index contributed by atoms with van der Waals surface area (Å²) in [5.41, 5.74) is -0.000650. The molecular weight excluding hydrogens is 453 g/mol. The number of nitrogens with one attached hydrogen (secondary N) is 1. The minimum absolute atomic E-state index is 0.0976. The minimum atomic E-state index is -4.14. The summed E-state index contributed by atoms with van der Waals surface area (Å²) in [7, 11) is -4.14. The molecule has 0 fully saturated rings. The molecule has 1 amide bonds. The topological polar surface area (TPSA) is 66.5 Å². The van der Waals surface area contributed by atoms with Gasteiger partial charge in [0.2, 0.25) is 15.9 Å². The molecule has 0 aliphatic heterocycles. The summed E-state index contributed by atoms with van der Waals surface area (Å²) in [5, 5.41) is 2.41. The highest BCUT2D eigenvalue weighted by molar-refractivity contribution is 7.89. The van der Waals surface area contributed by atoms with E-state index in [2.05, 4.69) is 5.32 Å². The Labute approximate surface area is 182 Å². The van der Waals surface area contributed by atoms with Crippen LogP contribution in [-0.2, 0) is 21.4 Å². The molecule has 162 valence electrons. The molecule has 0 aliphatic rings. The molecule has 0 unspecified atom stereocenters. The van der Waals surface area contributed by atoms with Crippen molar-refractivity contribution in [2.45, 2.75) is 11.4 Å². The zero-order valence-corrected chi connectivity index (χ0v) is 17.4. The van der Waals surface area contributed by atoms with Crippen LogP contribution in [0.5, 0.6) is 0 Å². The Kier molecular flexibility index (Phi) is 6.99. The van der Waals surface area contributed by atoms with E-state index >= 15 is 0 Å². The molecule has 0 bridgehead atoms. The number of sulfonamides is 1. The monoisotopic (exact) mass is 468 g/mol. The predicted octanol–water partition coefficient (Wildman–Crippen LogP) is 4.59. The molecule has 3 aromatic carbocycles. The van der Waals surface area contributed by atoms with Crippen molar-refractivity contribution in [3.63, 3.8) is 0 Å². The van der Waals surface area contributed by atoms with Gasteiger partial charge in [0.15, 0.2) is 17.5 Å². The van der Waals surface area contributed by atoms with E-state index < -0.39 is 45.6 Å². The van der Waals surface area contributed by atoms with Crippen molar-refractivity contribution >= 4 is 33.2 Å². The number of hydrogen-bond acceptors (Lipinski definition) is 3. The summed E-state index contributed by atoms with van der Waals surface area (Å²) in [6.45, 7) is -0.849. The van der Waals surface area contributed by atoms with Crippen LogP contribution in [0.2, 0.25) is 5.02 Å². The van der Waals surface area contributed by atoms with E-state index in [0.717, 1.165) is 10.4 Å². The number of amides is 1. The van der Waals surface area contributed by atoms with E-state index in [1.807, 2.05) is 0 Å². The summed E-state index contributed by atoms with van der Waals surface area (Å²) in [6, 6.07) is 15.4. The molecule has 0 atom stereocenters. The number of nitrogens with zero attached hydrogens (tertiary/aromatic N) is 1. The van der Waals surface area contributed by atoms with Gasteiger partial charge >= 0.3 is 0 Å². The smallest absolute Gasteiger partial charge is 0.243 e. The maximum absolute atomic E-state index is 13.9. The standard InChI is InChI=1S/C21H16ClF3N2O3S/c22-15-6-8-16(9-7-15)31(29,30)27(12-14-4-2-1-3-5-14)13-19(28)26-18-11-10-17(23)20(24)21(18)25/h1-11H,12-13H2,(H,26,28). The third kappa shape index (κ3) is 5.43. The van der Waals surface area contributed by atoms with Crippen molar-refractivity contribution in [1.29, 1.82) is 0 Å². The molecule has 0 saturated carbocycles. The number of hydrogen-bond donors (Lipinski definition) is 1. The van der Waals surface area contributed by atoms with Gasteiger partial charge in [-0.15, -0.1) is 0 Å². The van der Waals surface area contributed by atoms with Crippen LogP contribution in [0, 0.1) is 17.5 Å². The van der Waals surface area contributed by atoms with E-state index in [-0.39, 0.29) is 11.4 Å². The summed E-state index contributed by atoms with van der Waals surface area (Å²) >= 11 is 5.82. The van der Waals surface area contributed by atoms with Crippen LogP contribution in [0.1, 0.15) is 5.56 Å². The first-order valence-corrected chi connectivity index (χ1v) is 10.7. The van der Waals surface area contributed by atoms with Crippen LogP contribution in [0.3, 0.4) is 0 Å². The average Bonchev–Trinajstić information content (AvgIpc) is 2.75. The van der Waals surface area contributed by atoms with Gasteiger partial charge in [0.05, 0.1) is 17.1 Å². The maximum Gasteiger partial charge on any atom is 0.243 e. The fourth-order valence-corrected chi connectivity index (χ4v) is 4.25. The number of carbonyl (C=O) groups is 1. The van der Waals surface area contributed by atoms with Crippen LogP contribution in [0.4, 0.5) is 18.9 Å². The van der Waals surface area contributed by atoms with Crippen LogP contribution in [-0.4, -0.2) is 25.2 Å². The van der Waals surface area contributed by atoms with Crippen LogP contribution >= 0.6 is 11.6 Å². The first kappa shape index (κ1) is 22.8. The molecule has 0 radical (unpaired) electrons. The van der Waals surface area contributed by atoms with Gasteiger partial charge in [0, 0.05) is 11.6 Å². The lowest BCUT2D eigenvalue weighted by Crippen LogP contribution is -2.37. The van der Waals surface area contributed by atoms with Gasteiger partial charge < -0.3 is 5.32 Å². The average molecular weight is 469 g/mol. The molecule has 0 aliphatic carbocycles. The van der Waals surface area contributed by atoms with Crippen molar-refractivity contribution in [1.82, 2.24) is 4.31 Å². The molecule has 31 heavy (non-hydrogen) atoms. The van der Waals surface area contributed by atoms with Crippen molar-refractivity contribution in [3.05, 3.63) is 94.8 Å². The summed E-state index contributed by atoms with van der Waals surface area (Å²) in [6.07, 6.45) is 0. The number of carbonyl (C=O) groups excluding carboxylic acids is 1. The van der Waals surface area contributed by atoms with Gasteiger partial charge in [0.1, 0.15) is 0 Å². The van der Waals surface area contributed by atoms with E-state index in [0.29, 0.717) is 16.7 Å². The Morgan fingerprint density at radius 1 is 0.903 bits per heavy atom. The highest BCUT2D eigenvalue weighted by atomic mass is 35.5. The molecule has 3 aromatic rings. The predicted molar refractivity (Wildman–Crippen MR) is 110 cm³/mol. The number of anilines is 1. The first-order valence-electron chi connectivity index (χ1n) is 8.91. The Morgan fingerprint density at radius 3 is 2.19 bits per heavy atom. The molecule has 5 nitrogen and oxygen atoms in total. The molecule has 0 spiro atoms. The first-order chi connectivity index (χ1) is 14.7. The van der Waals surface area contributed by atoms with Gasteiger partial charge in [-0.1, -0.05) is 41.9 Å². The Balaban J connectivity index is 1.88. The Bertz CT molecular complexity index is 1190. The number of halogens is 4. The maximum atomic E-state index is 13.9. The number of benzene rings is 3. The van der Waals surface area contributed by atoms with Crippen LogP contribution < -0.4 is 5.32 Å². The van der Waals surface area contributed by atoms with Gasteiger partial charge in [-0.3, -0.25) is 4.79 Å². The number of rotatable bonds is 7. The summed E-state index contributed by atoms with van der Waals surface area (Å²) in [4.78, 5) is 12.4. The molecule has 3 rings (SSSR count). The third-order valence-electron chi connectivity index (χ3n) is 4.28. The molecule has 10 heteroatoms. The van der Waals surface area contributed by atoms with Gasteiger partial charge in [-0.05, 0) is 42.0 Å². The van der Waals surface area contributed by atoms with Gasteiger partial charge in [-0.25, -0.2) is 21.6 Å². The van der Waals surface area contributed by atoms with E-state index in [1.54, 1.807) is 30.3 Å². The normalized spacial score (nSPS) is 11.5. The Hall–Kier alpha value is -2.88. The molecule has 0 saturated heterocycles. The summed E-state index contributed by atoms with van der Waals surface area (Å²) in [5.74, 6) is -5.67. The highest BCUT2D eigenvalue weighted by Gasteiger charge is 2.27. The highest BCUT2D eigenvalue weighted by Crippen LogP contribution is 2.22. The second-order valence-electron chi connectivity index (χ2n) is 6.48. The third-order valence-corrected chi connectivity index (χ3v) is 6.34. The van der Waals surface area contributed by atoms with E-state index in [4.69, 9.17) is 11.6 Å². The second-order valence-corrected chi connectivity index (χ2v) is 8.86. The zero-order valence-electron chi connectivity index (χ0n) is 15.9. The van der Waals surface area contributed by atoms with Gasteiger partial charge in [0.25, 0.3) is 0 Å². The van der Waals surface area contributed by atoms with Crippen molar-refractivity contribution in [2.75, 3.05) is 11.9 Å². The largest absolute Gasteiger partial charge is 0.322 e. The van der Waals surface area contributed by atoms with Crippen molar-refractivity contribution in [2.24, 2.45) is 0 Å².